The molecule has 3 rings (SSSR count). The highest BCUT2D eigenvalue weighted by Crippen LogP contribution is 2.37. The van der Waals surface area contributed by atoms with Crippen molar-refractivity contribution in [1.29, 1.82) is 0 Å². The lowest BCUT2D eigenvalue weighted by molar-refractivity contribution is 0.413. The van der Waals surface area contributed by atoms with Crippen LogP contribution >= 0.6 is 0 Å². The maximum absolute atomic E-state index is 6.38. The van der Waals surface area contributed by atoms with Crippen LogP contribution < -0.4 is 10.5 Å². The molecule has 0 aromatic heterocycles. The zero-order valence-corrected chi connectivity index (χ0v) is 11.2. The van der Waals surface area contributed by atoms with Crippen molar-refractivity contribution in [3.63, 3.8) is 0 Å². The van der Waals surface area contributed by atoms with E-state index in [1.54, 1.807) is 7.11 Å². The van der Waals surface area contributed by atoms with E-state index in [0.29, 0.717) is 5.92 Å². The minimum atomic E-state index is 0.182. The van der Waals surface area contributed by atoms with Gasteiger partial charge in [0.25, 0.3) is 0 Å². The number of hydrogen-bond donors (Lipinski definition) is 1. The molecule has 0 fully saturated rings. The Hall–Kier alpha value is -1.80. The first-order valence-corrected chi connectivity index (χ1v) is 6.74. The lowest BCUT2D eigenvalue weighted by Gasteiger charge is -2.34. The lowest BCUT2D eigenvalue weighted by Crippen LogP contribution is -2.37. The van der Waals surface area contributed by atoms with Gasteiger partial charge in [0, 0.05) is 12.0 Å². The van der Waals surface area contributed by atoms with Crippen molar-refractivity contribution >= 4 is 0 Å². The third-order valence-corrected chi connectivity index (χ3v) is 4.02. The number of nitrogens with two attached hydrogens (primary N) is 1. The summed E-state index contributed by atoms with van der Waals surface area (Å²) in [5.41, 5.74) is 10.5. The molecule has 2 heteroatoms. The summed E-state index contributed by atoms with van der Waals surface area (Å²) in [6, 6.07) is 17.0. The average molecular weight is 253 g/mol. The number of ether oxygens (including phenoxy) is 1. The van der Waals surface area contributed by atoms with E-state index in [2.05, 4.69) is 36.4 Å². The fraction of sp³-hybridized carbons (Fsp3) is 0.294. The van der Waals surface area contributed by atoms with Gasteiger partial charge in [-0.05, 0) is 41.7 Å². The molecule has 2 unspecified atom stereocenters. The molecule has 1 aliphatic carbocycles. The molecule has 0 aliphatic heterocycles. The van der Waals surface area contributed by atoms with Crippen LogP contribution in [0.4, 0.5) is 0 Å². The smallest absolute Gasteiger partial charge is 0.119 e. The van der Waals surface area contributed by atoms with Gasteiger partial charge in [0.1, 0.15) is 5.75 Å². The summed E-state index contributed by atoms with van der Waals surface area (Å²) in [4.78, 5) is 0. The predicted octanol–water partition coefficient (Wildman–Crippen LogP) is 2.90. The van der Waals surface area contributed by atoms with E-state index in [9.17, 15) is 0 Å². The highest BCUT2D eigenvalue weighted by atomic mass is 16.5. The highest BCUT2D eigenvalue weighted by Gasteiger charge is 2.30. The molecule has 0 spiro atoms. The summed E-state index contributed by atoms with van der Waals surface area (Å²) >= 11 is 0. The first-order valence-electron chi connectivity index (χ1n) is 6.74. The fourth-order valence-electron chi connectivity index (χ4n) is 2.89. The number of rotatable bonds is 4. The van der Waals surface area contributed by atoms with Crippen LogP contribution in [0.1, 0.15) is 22.6 Å². The van der Waals surface area contributed by atoms with Gasteiger partial charge in [-0.3, -0.25) is 0 Å². The first-order chi connectivity index (χ1) is 9.28. The largest absolute Gasteiger partial charge is 0.497 e. The molecule has 2 atom stereocenters. The van der Waals surface area contributed by atoms with Gasteiger partial charge in [-0.15, -0.1) is 0 Å². The Balaban J connectivity index is 1.71. The second kappa shape index (κ2) is 5.06. The molecule has 0 heterocycles. The van der Waals surface area contributed by atoms with Gasteiger partial charge in [0.2, 0.25) is 0 Å². The van der Waals surface area contributed by atoms with Crippen molar-refractivity contribution in [3.05, 3.63) is 65.2 Å². The number of benzene rings is 2. The number of hydrogen-bond acceptors (Lipinski definition) is 2. The molecule has 98 valence electrons. The molecular weight excluding hydrogens is 234 g/mol. The molecule has 0 amide bonds. The Morgan fingerprint density at radius 2 is 2.05 bits per heavy atom. The Kier molecular flexibility index (Phi) is 3.26. The monoisotopic (exact) mass is 253 g/mol. The summed E-state index contributed by atoms with van der Waals surface area (Å²) in [6.07, 6.45) is 2.01. The SMILES string of the molecule is COc1cccc(CC(N)C2Cc3ccccc32)c1. The van der Waals surface area contributed by atoms with E-state index in [1.165, 1.54) is 16.7 Å². The van der Waals surface area contributed by atoms with Crippen LogP contribution in [0.25, 0.3) is 0 Å². The lowest BCUT2D eigenvalue weighted by atomic mass is 9.72. The van der Waals surface area contributed by atoms with Crippen LogP contribution in [0.3, 0.4) is 0 Å². The van der Waals surface area contributed by atoms with Gasteiger partial charge < -0.3 is 10.5 Å². The van der Waals surface area contributed by atoms with Crippen LogP contribution in [-0.4, -0.2) is 13.2 Å². The molecule has 2 aromatic carbocycles. The maximum Gasteiger partial charge on any atom is 0.119 e. The molecule has 19 heavy (non-hydrogen) atoms. The second-order valence-electron chi connectivity index (χ2n) is 5.23. The number of methoxy groups -OCH3 is 1. The van der Waals surface area contributed by atoms with Gasteiger partial charge in [-0.25, -0.2) is 0 Å². The Morgan fingerprint density at radius 3 is 2.84 bits per heavy atom. The zero-order chi connectivity index (χ0) is 13.2. The van der Waals surface area contributed by atoms with Crippen molar-refractivity contribution in [2.75, 3.05) is 7.11 Å². The van der Waals surface area contributed by atoms with E-state index >= 15 is 0 Å². The van der Waals surface area contributed by atoms with E-state index in [0.717, 1.165) is 18.6 Å². The first kappa shape index (κ1) is 12.2. The van der Waals surface area contributed by atoms with Crippen molar-refractivity contribution in [2.45, 2.75) is 24.8 Å². The van der Waals surface area contributed by atoms with Crippen LogP contribution in [0.15, 0.2) is 48.5 Å². The van der Waals surface area contributed by atoms with Gasteiger partial charge in [0.05, 0.1) is 7.11 Å². The summed E-state index contributed by atoms with van der Waals surface area (Å²) in [7, 11) is 1.70. The van der Waals surface area contributed by atoms with E-state index < -0.39 is 0 Å². The summed E-state index contributed by atoms with van der Waals surface area (Å²) in [5, 5.41) is 0. The summed E-state index contributed by atoms with van der Waals surface area (Å²) < 4.78 is 5.25. The van der Waals surface area contributed by atoms with E-state index in [4.69, 9.17) is 10.5 Å². The molecule has 0 saturated carbocycles. The topological polar surface area (TPSA) is 35.2 Å². The van der Waals surface area contributed by atoms with E-state index in [-0.39, 0.29) is 6.04 Å². The molecule has 1 aliphatic rings. The van der Waals surface area contributed by atoms with Gasteiger partial charge in [-0.2, -0.15) is 0 Å². The molecule has 2 aromatic rings. The van der Waals surface area contributed by atoms with Crippen LogP contribution in [0.5, 0.6) is 5.75 Å². The minimum absolute atomic E-state index is 0.182. The van der Waals surface area contributed by atoms with Crippen LogP contribution in [0.2, 0.25) is 0 Å². The third kappa shape index (κ3) is 2.36. The Bertz CT molecular complexity index is 579. The second-order valence-corrected chi connectivity index (χ2v) is 5.23. The zero-order valence-electron chi connectivity index (χ0n) is 11.2. The fourth-order valence-corrected chi connectivity index (χ4v) is 2.89. The average Bonchev–Trinajstić information content (AvgIpc) is 2.40. The standard InChI is InChI=1S/C17H19NO/c1-19-14-7-4-5-12(9-14)10-17(18)16-11-13-6-2-3-8-15(13)16/h2-9,16-17H,10-11,18H2,1H3. The maximum atomic E-state index is 6.38. The third-order valence-electron chi connectivity index (χ3n) is 4.02. The number of fused-ring (bicyclic) bond motifs is 1. The van der Waals surface area contributed by atoms with Crippen molar-refractivity contribution in [1.82, 2.24) is 0 Å². The molecular formula is C17H19NO. The molecule has 0 radical (unpaired) electrons. The molecule has 2 N–H and O–H groups in total. The van der Waals surface area contributed by atoms with Gasteiger partial charge in [0.15, 0.2) is 0 Å². The predicted molar refractivity (Wildman–Crippen MR) is 77.6 cm³/mol. The van der Waals surface area contributed by atoms with Gasteiger partial charge >= 0.3 is 0 Å². The normalized spacial score (nSPS) is 18.3. The van der Waals surface area contributed by atoms with Crippen molar-refractivity contribution in [2.24, 2.45) is 5.73 Å². The van der Waals surface area contributed by atoms with Gasteiger partial charge in [-0.1, -0.05) is 36.4 Å². The molecule has 0 bridgehead atoms. The van der Waals surface area contributed by atoms with Crippen LogP contribution in [0, 0.1) is 0 Å². The highest BCUT2D eigenvalue weighted by molar-refractivity contribution is 5.41. The van der Waals surface area contributed by atoms with Crippen molar-refractivity contribution in [3.8, 4) is 5.75 Å². The quantitative estimate of drug-likeness (QED) is 0.909. The van der Waals surface area contributed by atoms with E-state index in [1.807, 2.05) is 12.1 Å². The molecule has 0 saturated heterocycles. The van der Waals surface area contributed by atoms with Crippen LogP contribution in [-0.2, 0) is 12.8 Å². The summed E-state index contributed by atoms with van der Waals surface area (Å²) in [6.45, 7) is 0. The Labute approximate surface area is 114 Å². The minimum Gasteiger partial charge on any atom is -0.497 e. The summed E-state index contributed by atoms with van der Waals surface area (Å²) in [5.74, 6) is 1.40. The van der Waals surface area contributed by atoms with Crippen molar-refractivity contribution < 1.29 is 4.74 Å². The Morgan fingerprint density at radius 1 is 1.21 bits per heavy atom. The molecule has 2 nitrogen and oxygen atoms in total.